The molecule has 0 unspecified atom stereocenters. The first-order valence-corrected chi connectivity index (χ1v) is 16.8. The normalized spacial score (nSPS) is 13.6. The Morgan fingerprint density at radius 3 is 1.83 bits per heavy atom. The van der Waals surface area contributed by atoms with Gasteiger partial charge in [0.15, 0.2) is 10.3 Å². The minimum absolute atomic E-state index is 0.264. The summed E-state index contributed by atoms with van der Waals surface area (Å²) >= 11 is 3.22. The lowest BCUT2D eigenvalue weighted by atomic mass is 9.78. The van der Waals surface area contributed by atoms with E-state index in [9.17, 15) is 10.4 Å². The number of para-hydroxylation sites is 2. The van der Waals surface area contributed by atoms with Gasteiger partial charge >= 0.3 is 0 Å². The molecule has 4 aromatic carbocycles. The third-order valence-corrected chi connectivity index (χ3v) is 9.61. The van der Waals surface area contributed by atoms with E-state index in [1.54, 1.807) is 47.2 Å². The Labute approximate surface area is 284 Å². The quantitative estimate of drug-likeness (QED) is 0.141. The molecule has 3 N–H and O–H groups in total. The van der Waals surface area contributed by atoms with Crippen molar-refractivity contribution in [1.29, 1.82) is 5.26 Å². The molecule has 0 aliphatic carbocycles. The monoisotopic (exact) mass is 671 g/mol. The SMILES string of the molecule is N#CC1(c2nccnc2Oc2ccc(Nc3nc4ccccc4s3)cc2)CCOCC1.Oc1ccc(Nc2nc3ccccc3s2)cc1. The molecule has 1 aliphatic heterocycles. The Balaban J connectivity index is 0.000000180. The summed E-state index contributed by atoms with van der Waals surface area (Å²) in [7, 11) is 0. The fourth-order valence-electron chi connectivity index (χ4n) is 5.21. The highest BCUT2D eigenvalue weighted by atomic mass is 32.1. The van der Waals surface area contributed by atoms with E-state index >= 15 is 0 Å². The molecule has 0 atom stereocenters. The summed E-state index contributed by atoms with van der Waals surface area (Å²) in [5.74, 6) is 1.24. The molecular formula is C36H29N7O3S2. The first-order valence-electron chi connectivity index (χ1n) is 15.2. The maximum atomic E-state index is 9.87. The van der Waals surface area contributed by atoms with Gasteiger partial charge in [0.1, 0.15) is 22.6 Å². The minimum Gasteiger partial charge on any atom is -0.508 e. The Bertz CT molecular complexity index is 2120. The minimum atomic E-state index is -0.740. The van der Waals surface area contributed by atoms with Crippen LogP contribution in [-0.2, 0) is 10.2 Å². The van der Waals surface area contributed by atoms with E-state index in [0.29, 0.717) is 43.4 Å². The molecule has 1 aliphatic rings. The number of benzene rings is 4. The van der Waals surface area contributed by atoms with Crippen LogP contribution in [0.5, 0.6) is 17.4 Å². The zero-order valence-corrected chi connectivity index (χ0v) is 27.2. The molecule has 238 valence electrons. The van der Waals surface area contributed by atoms with E-state index < -0.39 is 5.41 Å². The number of anilines is 4. The van der Waals surface area contributed by atoms with E-state index in [0.717, 1.165) is 42.1 Å². The topological polar surface area (TPSA) is 138 Å². The molecule has 0 spiro atoms. The second kappa shape index (κ2) is 14.0. The molecular weight excluding hydrogens is 643 g/mol. The van der Waals surface area contributed by atoms with Crippen molar-refractivity contribution < 1.29 is 14.6 Å². The zero-order chi connectivity index (χ0) is 32.8. The maximum Gasteiger partial charge on any atom is 0.242 e. The number of thiazole rings is 2. The van der Waals surface area contributed by atoms with Gasteiger partial charge in [-0.3, -0.25) is 4.98 Å². The second-order valence-corrected chi connectivity index (χ2v) is 13.0. The fourth-order valence-corrected chi connectivity index (χ4v) is 6.98. The summed E-state index contributed by atoms with van der Waals surface area (Å²) in [6.45, 7) is 1.05. The molecule has 1 fully saturated rings. The number of aromatic hydroxyl groups is 1. The zero-order valence-electron chi connectivity index (χ0n) is 25.5. The molecule has 48 heavy (non-hydrogen) atoms. The van der Waals surface area contributed by atoms with Crippen LogP contribution in [0.2, 0.25) is 0 Å². The van der Waals surface area contributed by atoms with Crippen LogP contribution in [0, 0.1) is 11.3 Å². The number of phenols is 1. The lowest BCUT2D eigenvalue weighted by molar-refractivity contribution is 0.0655. The molecule has 0 bridgehead atoms. The van der Waals surface area contributed by atoms with Crippen molar-refractivity contribution in [2.75, 3.05) is 23.8 Å². The molecule has 0 saturated carbocycles. The van der Waals surface area contributed by atoms with Crippen molar-refractivity contribution in [3.63, 3.8) is 0 Å². The van der Waals surface area contributed by atoms with Crippen molar-refractivity contribution in [2.45, 2.75) is 18.3 Å². The van der Waals surface area contributed by atoms with Gasteiger partial charge in [0.05, 0.1) is 26.5 Å². The van der Waals surface area contributed by atoms with Gasteiger partial charge in [-0.2, -0.15) is 5.26 Å². The first kappa shape index (κ1) is 31.0. The molecule has 3 aromatic heterocycles. The summed E-state index contributed by atoms with van der Waals surface area (Å²) < 4.78 is 13.8. The van der Waals surface area contributed by atoms with E-state index in [2.05, 4.69) is 48.8 Å². The number of nitriles is 1. The smallest absolute Gasteiger partial charge is 0.242 e. The van der Waals surface area contributed by atoms with E-state index in [1.807, 2.05) is 72.8 Å². The third-order valence-electron chi connectivity index (χ3n) is 7.70. The average Bonchev–Trinajstić information content (AvgIpc) is 3.74. The summed E-state index contributed by atoms with van der Waals surface area (Å²) in [5, 5.41) is 27.3. The average molecular weight is 672 g/mol. The summed E-state index contributed by atoms with van der Waals surface area (Å²) in [6.07, 6.45) is 4.32. The van der Waals surface area contributed by atoms with E-state index in [1.165, 1.54) is 0 Å². The Kier molecular flexibility index (Phi) is 9.06. The molecule has 0 radical (unpaired) electrons. The number of rotatable bonds is 7. The van der Waals surface area contributed by atoms with Gasteiger partial charge < -0.3 is 25.2 Å². The van der Waals surface area contributed by atoms with Crippen molar-refractivity contribution >= 4 is 64.7 Å². The molecule has 4 heterocycles. The van der Waals surface area contributed by atoms with Gasteiger partial charge in [0.25, 0.3) is 0 Å². The highest BCUT2D eigenvalue weighted by molar-refractivity contribution is 7.22. The molecule has 12 heteroatoms. The highest BCUT2D eigenvalue weighted by Crippen LogP contribution is 2.38. The van der Waals surface area contributed by atoms with Crippen molar-refractivity contribution in [2.24, 2.45) is 0 Å². The van der Waals surface area contributed by atoms with Crippen molar-refractivity contribution in [1.82, 2.24) is 19.9 Å². The van der Waals surface area contributed by atoms with Crippen LogP contribution in [0.1, 0.15) is 18.5 Å². The van der Waals surface area contributed by atoms with Crippen LogP contribution >= 0.6 is 22.7 Å². The highest BCUT2D eigenvalue weighted by Gasteiger charge is 2.39. The summed E-state index contributed by atoms with van der Waals surface area (Å²) in [6, 6.07) is 33.0. The lowest BCUT2D eigenvalue weighted by Gasteiger charge is -2.30. The van der Waals surface area contributed by atoms with Gasteiger partial charge in [-0.25, -0.2) is 15.0 Å². The number of hydrogen-bond donors (Lipinski definition) is 3. The van der Waals surface area contributed by atoms with E-state index in [4.69, 9.17) is 9.47 Å². The predicted molar refractivity (Wildman–Crippen MR) is 190 cm³/mol. The number of hydrogen-bond acceptors (Lipinski definition) is 12. The number of nitrogens with one attached hydrogen (secondary N) is 2. The van der Waals surface area contributed by atoms with Gasteiger partial charge in [0.2, 0.25) is 5.88 Å². The van der Waals surface area contributed by atoms with Gasteiger partial charge in [-0.1, -0.05) is 46.9 Å². The standard InChI is InChI=1S/C23H19N5O2S.C13H10N2OS/c24-15-23(9-13-29-14-10-23)20-21(26-12-11-25-20)30-17-7-5-16(6-8-17)27-22-28-18-3-1-2-4-19(18)31-22;16-10-7-5-9(6-8-10)14-13-15-11-3-1-2-4-12(11)17-13/h1-8,11-12H,9-10,13-14H2,(H,27,28);1-8,16H,(H,14,15). The van der Waals surface area contributed by atoms with Crippen molar-refractivity contribution in [3.8, 4) is 23.4 Å². The molecule has 10 nitrogen and oxygen atoms in total. The Morgan fingerprint density at radius 2 is 1.27 bits per heavy atom. The number of fused-ring (bicyclic) bond motifs is 2. The largest absolute Gasteiger partial charge is 0.508 e. The molecule has 8 rings (SSSR count). The van der Waals surface area contributed by atoms with Crippen LogP contribution in [0.25, 0.3) is 20.4 Å². The van der Waals surface area contributed by atoms with Crippen LogP contribution in [0.15, 0.2) is 109 Å². The van der Waals surface area contributed by atoms with Crippen LogP contribution in [0.4, 0.5) is 21.6 Å². The van der Waals surface area contributed by atoms with Crippen molar-refractivity contribution in [3.05, 3.63) is 115 Å². The summed E-state index contributed by atoms with van der Waals surface area (Å²) in [5.41, 5.74) is 3.63. The van der Waals surface area contributed by atoms with Gasteiger partial charge in [-0.05, 0) is 85.6 Å². The van der Waals surface area contributed by atoms with Crippen LogP contribution in [-0.4, -0.2) is 38.3 Å². The van der Waals surface area contributed by atoms with Crippen LogP contribution in [0.3, 0.4) is 0 Å². The number of aromatic nitrogens is 4. The van der Waals surface area contributed by atoms with Gasteiger partial charge in [0, 0.05) is 37.0 Å². The Morgan fingerprint density at radius 1 is 0.729 bits per heavy atom. The second-order valence-electron chi connectivity index (χ2n) is 10.9. The molecule has 7 aromatic rings. The lowest BCUT2D eigenvalue weighted by Crippen LogP contribution is -2.33. The Hall–Kier alpha value is -5.61. The number of phenolic OH excluding ortho intramolecular Hbond substituents is 1. The molecule has 0 amide bonds. The van der Waals surface area contributed by atoms with E-state index in [-0.39, 0.29) is 5.75 Å². The fraction of sp³-hybridized carbons (Fsp3) is 0.139. The molecule has 1 saturated heterocycles. The van der Waals surface area contributed by atoms with Crippen LogP contribution < -0.4 is 15.4 Å². The van der Waals surface area contributed by atoms with Gasteiger partial charge in [-0.15, -0.1) is 0 Å². The summed E-state index contributed by atoms with van der Waals surface area (Å²) in [4.78, 5) is 17.9. The maximum absolute atomic E-state index is 9.87. The third kappa shape index (κ3) is 7.03. The predicted octanol–water partition coefficient (Wildman–Crippen LogP) is 8.94. The first-order chi connectivity index (χ1) is 23.6. The number of nitrogens with zero attached hydrogens (tertiary/aromatic N) is 5. The number of ether oxygens (including phenoxy) is 2.